The van der Waals surface area contributed by atoms with Gasteiger partial charge in [0.25, 0.3) is 0 Å². The van der Waals surface area contributed by atoms with Gasteiger partial charge in [0.15, 0.2) is 11.6 Å². The third-order valence-electron chi connectivity index (χ3n) is 3.20. The van der Waals surface area contributed by atoms with Gasteiger partial charge in [0.1, 0.15) is 0 Å². The Morgan fingerprint density at radius 1 is 1.28 bits per heavy atom. The zero-order valence-electron chi connectivity index (χ0n) is 10.3. The predicted octanol–water partition coefficient (Wildman–Crippen LogP) is 3.22. The van der Waals surface area contributed by atoms with Gasteiger partial charge in [-0.25, -0.2) is 9.97 Å². The molecule has 90 valence electrons. The second-order valence-electron chi connectivity index (χ2n) is 4.72. The van der Waals surface area contributed by atoms with Gasteiger partial charge in [-0.3, -0.25) is 4.79 Å². The highest BCUT2D eigenvalue weighted by Gasteiger charge is 2.25. The Kier molecular flexibility index (Phi) is 2.67. The molecule has 1 aromatic heterocycles. The fourth-order valence-corrected chi connectivity index (χ4v) is 2.00. The zero-order valence-corrected chi connectivity index (χ0v) is 10.3. The molecule has 3 nitrogen and oxygen atoms in total. The standard InChI is InChI=1S/C15H14N2O/c1-10(18)12-3-2-4-13(9-12)15-16-8-7-14(17-15)11-5-6-11/h2-4,7-9,11H,5-6H2,1H3. The van der Waals surface area contributed by atoms with Gasteiger partial charge >= 0.3 is 0 Å². The molecule has 0 unspecified atom stereocenters. The maximum absolute atomic E-state index is 11.4. The first-order valence-corrected chi connectivity index (χ1v) is 6.18. The van der Waals surface area contributed by atoms with Crippen LogP contribution in [-0.2, 0) is 0 Å². The van der Waals surface area contributed by atoms with E-state index in [2.05, 4.69) is 9.97 Å². The van der Waals surface area contributed by atoms with E-state index >= 15 is 0 Å². The molecule has 1 aromatic carbocycles. The zero-order chi connectivity index (χ0) is 12.5. The monoisotopic (exact) mass is 238 g/mol. The van der Waals surface area contributed by atoms with Crippen molar-refractivity contribution in [2.45, 2.75) is 25.7 Å². The summed E-state index contributed by atoms with van der Waals surface area (Å²) in [5.74, 6) is 1.39. The van der Waals surface area contributed by atoms with E-state index in [9.17, 15) is 4.79 Å². The van der Waals surface area contributed by atoms with E-state index in [0.29, 0.717) is 17.3 Å². The van der Waals surface area contributed by atoms with Gasteiger partial charge in [0.2, 0.25) is 0 Å². The average Bonchev–Trinajstić information content (AvgIpc) is 3.23. The SMILES string of the molecule is CC(=O)c1cccc(-c2nccc(C3CC3)n2)c1. The van der Waals surface area contributed by atoms with Crippen molar-refractivity contribution in [1.29, 1.82) is 0 Å². The van der Waals surface area contributed by atoms with Gasteiger partial charge < -0.3 is 0 Å². The van der Waals surface area contributed by atoms with E-state index < -0.39 is 0 Å². The second kappa shape index (κ2) is 4.33. The van der Waals surface area contributed by atoms with Gasteiger partial charge in [-0.1, -0.05) is 18.2 Å². The molecule has 1 heterocycles. The number of benzene rings is 1. The van der Waals surface area contributed by atoms with Crippen molar-refractivity contribution in [2.24, 2.45) is 0 Å². The minimum absolute atomic E-state index is 0.0650. The molecule has 0 atom stereocenters. The van der Waals surface area contributed by atoms with Crippen molar-refractivity contribution in [3.63, 3.8) is 0 Å². The van der Waals surface area contributed by atoms with Crippen LogP contribution in [0.1, 0.15) is 41.7 Å². The summed E-state index contributed by atoms with van der Waals surface area (Å²) in [5.41, 5.74) is 2.73. The number of carbonyl (C=O) groups is 1. The first-order chi connectivity index (χ1) is 8.74. The van der Waals surface area contributed by atoms with Crippen LogP contribution < -0.4 is 0 Å². The van der Waals surface area contributed by atoms with Crippen molar-refractivity contribution in [1.82, 2.24) is 9.97 Å². The third-order valence-corrected chi connectivity index (χ3v) is 3.20. The number of nitrogens with zero attached hydrogens (tertiary/aromatic N) is 2. The highest BCUT2D eigenvalue weighted by molar-refractivity contribution is 5.95. The minimum Gasteiger partial charge on any atom is -0.295 e. The molecule has 3 rings (SSSR count). The van der Waals surface area contributed by atoms with Crippen LogP contribution in [0.3, 0.4) is 0 Å². The van der Waals surface area contributed by atoms with E-state index in [1.165, 1.54) is 12.8 Å². The van der Waals surface area contributed by atoms with Crippen LogP contribution in [0, 0.1) is 0 Å². The fraction of sp³-hybridized carbons (Fsp3) is 0.267. The van der Waals surface area contributed by atoms with E-state index in [0.717, 1.165) is 11.3 Å². The molecular formula is C15H14N2O. The van der Waals surface area contributed by atoms with Crippen LogP contribution in [-0.4, -0.2) is 15.8 Å². The Bertz CT molecular complexity index is 603. The van der Waals surface area contributed by atoms with Gasteiger partial charge in [0, 0.05) is 28.9 Å². The maximum atomic E-state index is 11.4. The summed E-state index contributed by atoms with van der Waals surface area (Å²) in [7, 11) is 0. The molecule has 1 aliphatic carbocycles. The minimum atomic E-state index is 0.0650. The molecule has 0 radical (unpaired) electrons. The number of aromatic nitrogens is 2. The quantitative estimate of drug-likeness (QED) is 0.771. The molecule has 3 heteroatoms. The fourth-order valence-electron chi connectivity index (χ4n) is 2.00. The van der Waals surface area contributed by atoms with Crippen LogP contribution in [0.4, 0.5) is 0 Å². The molecular weight excluding hydrogens is 224 g/mol. The normalized spacial score (nSPS) is 14.5. The molecule has 1 aliphatic rings. The predicted molar refractivity (Wildman–Crippen MR) is 69.4 cm³/mol. The van der Waals surface area contributed by atoms with Gasteiger partial charge in [-0.05, 0) is 31.9 Å². The molecule has 18 heavy (non-hydrogen) atoms. The average molecular weight is 238 g/mol. The highest BCUT2D eigenvalue weighted by atomic mass is 16.1. The summed E-state index contributed by atoms with van der Waals surface area (Å²) in [4.78, 5) is 20.3. The van der Waals surface area contributed by atoms with Crippen LogP contribution >= 0.6 is 0 Å². The number of hydrogen-bond donors (Lipinski definition) is 0. The number of rotatable bonds is 3. The third kappa shape index (κ3) is 2.16. The smallest absolute Gasteiger partial charge is 0.159 e. The van der Waals surface area contributed by atoms with Crippen LogP contribution in [0.15, 0.2) is 36.5 Å². The number of ketones is 1. The first-order valence-electron chi connectivity index (χ1n) is 6.18. The summed E-state index contributed by atoms with van der Waals surface area (Å²) in [5, 5.41) is 0. The Morgan fingerprint density at radius 3 is 2.83 bits per heavy atom. The largest absolute Gasteiger partial charge is 0.295 e. The molecule has 1 saturated carbocycles. The molecule has 0 N–H and O–H groups in total. The van der Waals surface area contributed by atoms with Gasteiger partial charge in [-0.15, -0.1) is 0 Å². The van der Waals surface area contributed by atoms with Crippen molar-refractivity contribution in [3.8, 4) is 11.4 Å². The van der Waals surface area contributed by atoms with Crippen LogP contribution in [0.5, 0.6) is 0 Å². The Balaban J connectivity index is 2.00. The van der Waals surface area contributed by atoms with Crippen LogP contribution in [0.2, 0.25) is 0 Å². The van der Waals surface area contributed by atoms with E-state index in [4.69, 9.17) is 0 Å². The number of Topliss-reactive ketones (excluding diaryl/α,β-unsaturated/α-hetero) is 1. The van der Waals surface area contributed by atoms with Crippen molar-refractivity contribution < 1.29 is 4.79 Å². The van der Waals surface area contributed by atoms with E-state index in [1.807, 2.05) is 30.3 Å². The Morgan fingerprint density at radius 2 is 2.11 bits per heavy atom. The highest BCUT2D eigenvalue weighted by Crippen LogP contribution is 2.39. The lowest BCUT2D eigenvalue weighted by Crippen LogP contribution is -1.96. The van der Waals surface area contributed by atoms with Crippen molar-refractivity contribution >= 4 is 5.78 Å². The van der Waals surface area contributed by atoms with Crippen LogP contribution in [0.25, 0.3) is 11.4 Å². The molecule has 0 amide bonds. The lowest BCUT2D eigenvalue weighted by Gasteiger charge is -2.04. The molecule has 2 aromatic rings. The van der Waals surface area contributed by atoms with Crippen molar-refractivity contribution in [3.05, 3.63) is 47.8 Å². The second-order valence-corrected chi connectivity index (χ2v) is 4.72. The summed E-state index contributed by atoms with van der Waals surface area (Å²) in [6.45, 7) is 1.57. The topological polar surface area (TPSA) is 42.9 Å². The molecule has 0 saturated heterocycles. The van der Waals surface area contributed by atoms with E-state index in [1.54, 1.807) is 13.1 Å². The summed E-state index contributed by atoms with van der Waals surface area (Å²) < 4.78 is 0. The summed E-state index contributed by atoms with van der Waals surface area (Å²) in [6.07, 6.45) is 4.25. The van der Waals surface area contributed by atoms with Gasteiger partial charge in [0.05, 0.1) is 0 Å². The lowest BCUT2D eigenvalue weighted by molar-refractivity contribution is 0.101. The van der Waals surface area contributed by atoms with Crippen molar-refractivity contribution in [2.75, 3.05) is 0 Å². The number of carbonyl (C=O) groups excluding carboxylic acids is 1. The summed E-state index contributed by atoms with van der Waals surface area (Å²) >= 11 is 0. The first kappa shape index (κ1) is 11.1. The van der Waals surface area contributed by atoms with E-state index in [-0.39, 0.29) is 5.78 Å². The van der Waals surface area contributed by atoms with Gasteiger partial charge in [-0.2, -0.15) is 0 Å². The molecule has 1 fully saturated rings. The molecule has 0 aliphatic heterocycles. The molecule has 0 spiro atoms. The summed E-state index contributed by atoms with van der Waals surface area (Å²) in [6, 6.07) is 9.47. The Hall–Kier alpha value is -2.03. The molecule has 0 bridgehead atoms. The number of hydrogen-bond acceptors (Lipinski definition) is 3. The maximum Gasteiger partial charge on any atom is 0.159 e. The Labute approximate surface area is 106 Å². The lowest BCUT2D eigenvalue weighted by atomic mass is 10.1.